The van der Waals surface area contributed by atoms with Crippen LogP contribution in [0.2, 0.25) is 0 Å². The molecule has 122 valence electrons. The molecule has 0 rings (SSSR count). The van der Waals surface area contributed by atoms with Crippen molar-refractivity contribution in [1.82, 2.24) is 5.32 Å². The van der Waals surface area contributed by atoms with Crippen LogP contribution in [0.3, 0.4) is 0 Å². The molecule has 7 nitrogen and oxygen atoms in total. The minimum atomic E-state index is -0.842. The molecular formula is C14H28N4O3. The van der Waals surface area contributed by atoms with E-state index >= 15 is 0 Å². The van der Waals surface area contributed by atoms with Crippen molar-refractivity contribution in [3.8, 4) is 0 Å². The number of hydrogen-bond acceptors (Lipinski definition) is 4. The molecule has 0 spiro atoms. The standard InChI is InChI=1S/C14H28N4O3/c15-9-11(7-8-14(20)21)10-18-13(19)6-4-2-1-3-5-12(16)17/h11H,1-10,15H2,(H3,16,17)(H,18,19)(H,20,21). The Morgan fingerprint density at radius 1 is 1.10 bits per heavy atom. The second-order valence-electron chi connectivity index (χ2n) is 5.28. The van der Waals surface area contributed by atoms with Crippen LogP contribution in [-0.4, -0.2) is 35.9 Å². The molecule has 0 bridgehead atoms. The number of nitrogens with one attached hydrogen (secondary N) is 2. The Morgan fingerprint density at radius 2 is 1.71 bits per heavy atom. The predicted molar refractivity (Wildman–Crippen MR) is 82.0 cm³/mol. The van der Waals surface area contributed by atoms with Crippen LogP contribution in [0.5, 0.6) is 0 Å². The van der Waals surface area contributed by atoms with Crippen molar-refractivity contribution >= 4 is 17.7 Å². The highest BCUT2D eigenvalue weighted by Crippen LogP contribution is 2.06. The zero-order chi connectivity index (χ0) is 16.1. The number of amides is 1. The highest BCUT2D eigenvalue weighted by atomic mass is 16.4. The van der Waals surface area contributed by atoms with Crippen molar-refractivity contribution in [3.05, 3.63) is 0 Å². The number of carboxylic acids is 1. The minimum Gasteiger partial charge on any atom is -0.481 e. The van der Waals surface area contributed by atoms with Gasteiger partial charge in [0.2, 0.25) is 5.91 Å². The quantitative estimate of drug-likeness (QED) is 0.194. The van der Waals surface area contributed by atoms with E-state index in [1.807, 2.05) is 0 Å². The van der Waals surface area contributed by atoms with E-state index in [4.69, 9.17) is 22.0 Å². The minimum absolute atomic E-state index is 0.0145. The number of hydrogen-bond donors (Lipinski definition) is 5. The fourth-order valence-electron chi connectivity index (χ4n) is 1.93. The summed E-state index contributed by atoms with van der Waals surface area (Å²) in [6.07, 6.45) is 5.26. The summed E-state index contributed by atoms with van der Waals surface area (Å²) in [5, 5.41) is 18.5. The number of carboxylic acid groups (broad SMARTS) is 1. The third-order valence-corrected chi connectivity index (χ3v) is 3.29. The van der Waals surface area contributed by atoms with Gasteiger partial charge in [0.1, 0.15) is 0 Å². The van der Waals surface area contributed by atoms with Gasteiger partial charge in [-0.3, -0.25) is 15.0 Å². The molecule has 0 saturated carbocycles. The Morgan fingerprint density at radius 3 is 2.24 bits per heavy atom. The van der Waals surface area contributed by atoms with E-state index in [1.54, 1.807) is 0 Å². The fraction of sp³-hybridized carbons (Fsp3) is 0.786. The van der Waals surface area contributed by atoms with E-state index in [9.17, 15) is 9.59 Å². The van der Waals surface area contributed by atoms with Gasteiger partial charge in [-0.1, -0.05) is 12.8 Å². The Bertz CT molecular complexity index is 334. The molecular weight excluding hydrogens is 272 g/mol. The summed E-state index contributed by atoms with van der Waals surface area (Å²) >= 11 is 0. The van der Waals surface area contributed by atoms with Crippen molar-refractivity contribution in [2.75, 3.05) is 13.1 Å². The lowest BCUT2D eigenvalue weighted by Crippen LogP contribution is -2.32. The molecule has 0 aliphatic rings. The zero-order valence-corrected chi connectivity index (χ0v) is 12.6. The topological polar surface area (TPSA) is 142 Å². The highest BCUT2D eigenvalue weighted by molar-refractivity contribution is 5.76. The molecule has 7 heteroatoms. The maximum Gasteiger partial charge on any atom is 0.303 e. The summed E-state index contributed by atoms with van der Waals surface area (Å²) < 4.78 is 0. The lowest BCUT2D eigenvalue weighted by Gasteiger charge is -2.14. The van der Waals surface area contributed by atoms with Crippen LogP contribution in [0.15, 0.2) is 0 Å². The van der Waals surface area contributed by atoms with Gasteiger partial charge in [0, 0.05) is 25.8 Å². The molecule has 0 radical (unpaired) electrons. The molecule has 0 aliphatic heterocycles. The number of unbranched alkanes of at least 4 members (excludes halogenated alkanes) is 3. The monoisotopic (exact) mass is 300 g/mol. The van der Waals surface area contributed by atoms with E-state index < -0.39 is 5.97 Å². The van der Waals surface area contributed by atoms with Gasteiger partial charge >= 0.3 is 5.97 Å². The third-order valence-electron chi connectivity index (χ3n) is 3.29. The van der Waals surface area contributed by atoms with Crippen LogP contribution >= 0.6 is 0 Å². The van der Waals surface area contributed by atoms with Gasteiger partial charge in [0.05, 0.1) is 5.84 Å². The Kier molecular flexibility index (Phi) is 11.2. The van der Waals surface area contributed by atoms with E-state index in [-0.39, 0.29) is 24.1 Å². The van der Waals surface area contributed by atoms with Gasteiger partial charge in [-0.05, 0) is 31.7 Å². The molecule has 0 aliphatic carbocycles. The van der Waals surface area contributed by atoms with Gasteiger partial charge in [-0.2, -0.15) is 0 Å². The van der Waals surface area contributed by atoms with Crippen molar-refractivity contribution in [3.63, 3.8) is 0 Å². The number of nitrogens with two attached hydrogens (primary N) is 2. The van der Waals surface area contributed by atoms with E-state index in [0.717, 1.165) is 25.7 Å². The van der Waals surface area contributed by atoms with Gasteiger partial charge in [-0.25, -0.2) is 0 Å². The van der Waals surface area contributed by atoms with E-state index in [0.29, 0.717) is 32.4 Å². The number of rotatable bonds is 13. The van der Waals surface area contributed by atoms with E-state index in [1.165, 1.54) is 0 Å². The first-order valence-electron chi connectivity index (χ1n) is 7.47. The third kappa shape index (κ3) is 13.1. The highest BCUT2D eigenvalue weighted by Gasteiger charge is 2.10. The summed E-state index contributed by atoms with van der Waals surface area (Å²) in [6, 6.07) is 0. The number of carbonyl (C=O) groups excluding carboxylic acids is 1. The SMILES string of the molecule is N=C(N)CCCCCCC(=O)NCC(CN)CCC(=O)O. The molecule has 0 aromatic carbocycles. The first-order valence-corrected chi connectivity index (χ1v) is 7.47. The van der Waals surface area contributed by atoms with Crippen LogP contribution in [0.25, 0.3) is 0 Å². The maximum atomic E-state index is 11.6. The fourth-order valence-corrected chi connectivity index (χ4v) is 1.93. The predicted octanol–water partition coefficient (Wildman–Crippen LogP) is 0.819. The molecule has 1 atom stereocenters. The molecule has 21 heavy (non-hydrogen) atoms. The van der Waals surface area contributed by atoms with Gasteiger partial charge in [0.15, 0.2) is 0 Å². The first kappa shape index (κ1) is 19.4. The molecule has 0 saturated heterocycles. The normalized spacial score (nSPS) is 11.9. The lowest BCUT2D eigenvalue weighted by atomic mass is 10.0. The van der Waals surface area contributed by atoms with Crippen LogP contribution in [-0.2, 0) is 9.59 Å². The average Bonchev–Trinajstić information content (AvgIpc) is 2.42. The second-order valence-corrected chi connectivity index (χ2v) is 5.28. The first-order chi connectivity index (χ1) is 9.95. The summed E-state index contributed by atoms with van der Waals surface area (Å²) in [6.45, 7) is 0.811. The Hall–Kier alpha value is -1.63. The maximum absolute atomic E-state index is 11.6. The number of carbonyl (C=O) groups is 2. The molecule has 0 aromatic heterocycles. The molecule has 1 unspecified atom stereocenters. The molecule has 0 heterocycles. The van der Waals surface area contributed by atoms with Crippen LogP contribution in [0, 0.1) is 11.3 Å². The van der Waals surface area contributed by atoms with Crippen LogP contribution in [0.4, 0.5) is 0 Å². The number of aliphatic carboxylic acids is 1. The van der Waals surface area contributed by atoms with Crippen LogP contribution in [0.1, 0.15) is 51.4 Å². The molecule has 1 amide bonds. The number of amidine groups is 1. The zero-order valence-electron chi connectivity index (χ0n) is 12.6. The average molecular weight is 300 g/mol. The van der Waals surface area contributed by atoms with Crippen molar-refractivity contribution in [2.24, 2.45) is 17.4 Å². The molecule has 0 aromatic rings. The van der Waals surface area contributed by atoms with Gasteiger partial charge in [0.25, 0.3) is 0 Å². The van der Waals surface area contributed by atoms with E-state index in [2.05, 4.69) is 5.32 Å². The molecule has 0 fully saturated rings. The van der Waals surface area contributed by atoms with Crippen molar-refractivity contribution < 1.29 is 14.7 Å². The summed E-state index contributed by atoms with van der Waals surface area (Å²) in [4.78, 5) is 22.1. The smallest absolute Gasteiger partial charge is 0.303 e. The Labute approximate surface area is 126 Å². The van der Waals surface area contributed by atoms with Crippen molar-refractivity contribution in [1.29, 1.82) is 5.41 Å². The second kappa shape index (κ2) is 12.1. The lowest BCUT2D eigenvalue weighted by molar-refractivity contribution is -0.137. The summed E-state index contributed by atoms with van der Waals surface area (Å²) in [5.41, 5.74) is 10.8. The summed E-state index contributed by atoms with van der Waals surface area (Å²) in [5.74, 6) is -0.636. The van der Waals surface area contributed by atoms with Gasteiger partial charge < -0.3 is 21.9 Å². The van der Waals surface area contributed by atoms with Crippen molar-refractivity contribution in [2.45, 2.75) is 51.4 Å². The Balaban J connectivity index is 3.59. The summed E-state index contributed by atoms with van der Waals surface area (Å²) in [7, 11) is 0. The molecule has 7 N–H and O–H groups in total. The largest absolute Gasteiger partial charge is 0.481 e. The van der Waals surface area contributed by atoms with Crippen LogP contribution < -0.4 is 16.8 Å². The van der Waals surface area contributed by atoms with Gasteiger partial charge in [-0.15, -0.1) is 0 Å².